The Morgan fingerprint density at radius 2 is 2.00 bits per heavy atom. The summed E-state index contributed by atoms with van der Waals surface area (Å²) in [4.78, 5) is 16.5. The number of rotatable bonds is 6. The molecule has 1 aromatic carbocycles. The number of aryl methyl sites for hydroxylation is 2. The molecule has 2 aromatic rings. The third-order valence-electron chi connectivity index (χ3n) is 3.91. The number of carbonyl (C=O) groups is 1. The summed E-state index contributed by atoms with van der Waals surface area (Å²) in [6.45, 7) is 5.96. The minimum atomic E-state index is 0.0200. The zero-order valence-electron chi connectivity index (χ0n) is 14.2. The van der Waals surface area contributed by atoms with Crippen LogP contribution in [0.1, 0.15) is 30.2 Å². The Kier molecular flexibility index (Phi) is 5.74. The summed E-state index contributed by atoms with van der Waals surface area (Å²) in [6.07, 6.45) is 3.03. The highest BCUT2D eigenvalue weighted by molar-refractivity contribution is 5.92. The average Bonchev–Trinajstić information content (AvgIpc) is 2.51. The number of benzene rings is 1. The van der Waals surface area contributed by atoms with Crippen LogP contribution in [0.15, 0.2) is 36.5 Å². The lowest BCUT2D eigenvalue weighted by atomic mass is 9.97. The zero-order valence-corrected chi connectivity index (χ0v) is 14.2. The summed E-state index contributed by atoms with van der Waals surface area (Å²) >= 11 is 0. The van der Waals surface area contributed by atoms with Crippen molar-refractivity contribution < 1.29 is 9.53 Å². The molecule has 0 fully saturated rings. The van der Waals surface area contributed by atoms with Crippen molar-refractivity contribution in [2.45, 2.75) is 33.6 Å². The van der Waals surface area contributed by atoms with Gasteiger partial charge in [0.05, 0.1) is 18.5 Å². The molecule has 122 valence electrons. The van der Waals surface area contributed by atoms with Crippen LogP contribution in [0.4, 0.5) is 5.69 Å². The van der Waals surface area contributed by atoms with E-state index in [4.69, 9.17) is 4.74 Å². The van der Waals surface area contributed by atoms with Gasteiger partial charge in [0.25, 0.3) is 0 Å². The standard InChI is InChI=1S/C19H24N2O2/c1-13(11-16-7-5-6-8-17(16)23-4)12-18(22)21-19-14(2)9-10-20-15(19)3/h5-10,13H,11-12H2,1-4H3,(H,21,22). The molecule has 1 amide bonds. The third-order valence-corrected chi connectivity index (χ3v) is 3.91. The molecule has 0 aliphatic carbocycles. The molecule has 1 heterocycles. The summed E-state index contributed by atoms with van der Waals surface area (Å²) in [5.74, 6) is 1.12. The molecular formula is C19H24N2O2. The molecule has 0 saturated heterocycles. The molecule has 4 nitrogen and oxygen atoms in total. The van der Waals surface area contributed by atoms with Gasteiger partial charge >= 0.3 is 0 Å². The molecule has 4 heteroatoms. The van der Waals surface area contributed by atoms with Crippen LogP contribution in [-0.4, -0.2) is 18.0 Å². The number of hydrogen-bond donors (Lipinski definition) is 1. The van der Waals surface area contributed by atoms with E-state index < -0.39 is 0 Å². The molecular weight excluding hydrogens is 288 g/mol. The number of methoxy groups -OCH3 is 1. The maximum Gasteiger partial charge on any atom is 0.224 e. The topological polar surface area (TPSA) is 51.2 Å². The maximum absolute atomic E-state index is 12.3. The number of ether oxygens (including phenoxy) is 1. The van der Waals surface area contributed by atoms with Gasteiger partial charge in [-0.1, -0.05) is 25.1 Å². The van der Waals surface area contributed by atoms with E-state index in [0.29, 0.717) is 6.42 Å². The van der Waals surface area contributed by atoms with Crippen molar-refractivity contribution in [3.8, 4) is 5.75 Å². The van der Waals surface area contributed by atoms with Crippen molar-refractivity contribution in [3.63, 3.8) is 0 Å². The molecule has 1 atom stereocenters. The Labute approximate surface area is 137 Å². The van der Waals surface area contributed by atoms with Crippen LogP contribution in [0.25, 0.3) is 0 Å². The van der Waals surface area contributed by atoms with Crippen LogP contribution in [0, 0.1) is 19.8 Å². The molecule has 0 spiro atoms. The zero-order chi connectivity index (χ0) is 16.8. The number of hydrogen-bond acceptors (Lipinski definition) is 3. The van der Waals surface area contributed by atoms with Crippen molar-refractivity contribution in [2.75, 3.05) is 12.4 Å². The van der Waals surface area contributed by atoms with E-state index in [0.717, 1.165) is 34.7 Å². The fourth-order valence-electron chi connectivity index (χ4n) is 2.71. The predicted octanol–water partition coefficient (Wildman–Crippen LogP) is 3.91. The number of nitrogens with one attached hydrogen (secondary N) is 1. The number of aromatic nitrogens is 1. The Hall–Kier alpha value is -2.36. The Morgan fingerprint density at radius 3 is 2.70 bits per heavy atom. The van der Waals surface area contributed by atoms with E-state index in [9.17, 15) is 4.79 Å². The molecule has 1 N–H and O–H groups in total. The van der Waals surface area contributed by atoms with Gasteiger partial charge in [0.15, 0.2) is 0 Å². The second-order valence-corrected chi connectivity index (χ2v) is 5.96. The summed E-state index contributed by atoms with van der Waals surface area (Å²) in [5.41, 5.74) is 3.82. The lowest BCUT2D eigenvalue weighted by molar-refractivity contribution is -0.117. The fraction of sp³-hybridized carbons (Fsp3) is 0.368. The normalized spacial score (nSPS) is 11.8. The Bertz CT molecular complexity index is 663. The van der Waals surface area contributed by atoms with E-state index in [2.05, 4.69) is 17.2 Å². The molecule has 1 aromatic heterocycles. The van der Waals surface area contributed by atoms with Crippen LogP contribution in [0.2, 0.25) is 0 Å². The largest absolute Gasteiger partial charge is 0.496 e. The lowest BCUT2D eigenvalue weighted by Crippen LogP contribution is -2.18. The summed E-state index contributed by atoms with van der Waals surface area (Å²) in [6, 6.07) is 9.84. The van der Waals surface area contributed by atoms with Crippen LogP contribution < -0.4 is 10.1 Å². The van der Waals surface area contributed by atoms with E-state index in [1.54, 1.807) is 13.3 Å². The number of carbonyl (C=O) groups excluding carboxylic acids is 1. The predicted molar refractivity (Wildman–Crippen MR) is 92.8 cm³/mol. The third kappa shape index (κ3) is 4.55. The van der Waals surface area contributed by atoms with E-state index in [-0.39, 0.29) is 11.8 Å². The first-order valence-electron chi connectivity index (χ1n) is 7.85. The Balaban J connectivity index is 1.97. The van der Waals surface area contributed by atoms with Gasteiger partial charge in [-0.15, -0.1) is 0 Å². The maximum atomic E-state index is 12.3. The van der Waals surface area contributed by atoms with Crippen molar-refractivity contribution in [2.24, 2.45) is 5.92 Å². The quantitative estimate of drug-likeness (QED) is 0.879. The van der Waals surface area contributed by atoms with Gasteiger partial charge in [-0.3, -0.25) is 9.78 Å². The van der Waals surface area contributed by atoms with Crippen molar-refractivity contribution in [3.05, 3.63) is 53.3 Å². The van der Waals surface area contributed by atoms with Crippen molar-refractivity contribution >= 4 is 11.6 Å². The van der Waals surface area contributed by atoms with Gasteiger partial charge in [0, 0.05) is 12.6 Å². The summed E-state index contributed by atoms with van der Waals surface area (Å²) < 4.78 is 5.37. The van der Waals surface area contributed by atoms with Crippen LogP contribution in [0.5, 0.6) is 5.75 Å². The van der Waals surface area contributed by atoms with Crippen LogP contribution >= 0.6 is 0 Å². The highest BCUT2D eigenvalue weighted by Crippen LogP contribution is 2.23. The molecule has 23 heavy (non-hydrogen) atoms. The van der Waals surface area contributed by atoms with E-state index in [1.165, 1.54) is 0 Å². The number of para-hydroxylation sites is 1. The molecule has 0 radical (unpaired) electrons. The van der Waals surface area contributed by atoms with Gasteiger partial charge in [0.1, 0.15) is 5.75 Å². The minimum absolute atomic E-state index is 0.0200. The smallest absolute Gasteiger partial charge is 0.224 e. The summed E-state index contributed by atoms with van der Waals surface area (Å²) in [5, 5.41) is 2.99. The highest BCUT2D eigenvalue weighted by Gasteiger charge is 2.14. The second kappa shape index (κ2) is 7.77. The molecule has 0 aliphatic heterocycles. The first-order valence-corrected chi connectivity index (χ1v) is 7.85. The lowest BCUT2D eigenvalue weighted by Gasteiger charge is -2.15. The molecule has 0 bridgehead atoms. The van der Waals surface area contributed by atoms with Gasteiger partial charge in [-0.25, -0.2) is 0 Å². The number of nitrogens with zero attached hydrogens (tertiary/aromatic N) is 1. The van der Waals surface area contributed by atoms with Crippen LogP contribution in [-0.2, 0) is 11.2 Å². The average molecular weight is 312 g/mol. The first kappa shape index (κ1) is 17.0. The van der Waals surface area contributed by atoms with Gasteiger partial charge < -0.3 is 10.1 Å². The molecule has 0 saturated carbocycles. The molecule has 2 rings (SSSR count). The monoisotopic (exact) mass is 312 g/mol. The summed E-state index contributed by atoms with van der Waals surface area (Å²) in [7, 11) is 1.67. The first-order chi connectivity index (χ1) is 11.0. The van der Waals surface area contributed by atoms with E-state index >= 15 is 0 Å². The van der Waals surface area contributed by atoms with Crippen molar-refractivity contribution in [1.82, 2.24) is 4.98 Å². The van der Waals surface area contributed by atoms with Gasteiger partial charge in [-0.2, -0.15) is 0 Å². The number of anilines is 1. The van der Waals surface area contributed by atoms with E-state index in [1.807, 2.05) is 44.2 Å². The Morgan fingerprint density at radius 1 is 1.26 bits per heavy atom. The van der Waals surface area contributed by atoms with Crippen LogP contribution in [0.3, 0.4) is 0 Å². The van der Waals surface area contributed by atoms with Gasteiger partial charge in [0.2, 0.25) is 5.91 Å². The SMILES string of the molecule is COc1ccccc1CC(C)CC(=O)Nc1c(C)ccnc1C. The number of pyridine rings is 1. The molecule has 1 unspecified atom stereocenters. The number of amides is 1. The minimum Gasteiger partial charge on any atom is -0.496 e. The molecule has 0 aliphatic rings. The van der Waals surface area contributed by atoms with Gasteiger partial charge in [-0.05, 0) is 49.4 Å². The highest BCUT2D eigenvalue weighted by atomic mass is 16.5. The fourth-order valence-corrected chi connectivity index (χ4v) is 2.71. The van der Waals surface area contributed by atoms with Crippen molar-refractivity contribution in [1.29, 1.82) is 0 Å². The second-order valence-electron chi connectivity index (χ2n) is 5.96.